The minimum atomic E-state index is -0.467. The molecule has 4 rings (SSSR count). The maximum atomic E-state index is 12.7. The molecule has 0 aromatic carbocycles. The first-order valence-corrected chi connectivity index (χ1v) is 10.9. The molecule has 158 valence electrons. The molecule has 1 aliphatic rings. The number of aromatic nitrogens is 3. The van der Waals surface area contributed by atoms with Gasteiger partial charge in [-0.1, -0.05) is 6.07 Å². The summed E-state index contributed by atoms with van der Waals surface area (Å²) in [5.74, 6) is 0.0974. The Morgan fingerprint density at radius 1 is 1.23 bits per heavy atom. The summed E-state index contributed by atoms with van der Waals surface area (Å²) in [5.41, 5.74) is -0.460. The van der Waals surface area contributed by atoms with E-state index >= 15 is 0 Å². The zero-order chi connectivity index (χ0) is 21.3. The maximum Gasteiger partial charge on any atom is 0.332 e. The SMILES string of the molecule is Cn1c(=O)c2ccc(C(=O)NCC3CCCN(Cc4cccs4)C3)nc2n(C)c1=O. The van der Waals surface area contributed by atoms with Gasteiger partial charge in [-0.3, -0.25) is 23.6 Å². The van der Waals surface area contributed by atoms with Crippen LogP contribution in [0.25, 0.3) is 11.0 Å². The highest BCUT2D eigenvalue weighted by molar-refractivity contribution is 7.09. The zero-order valence-electron chi connectivity index (χ0n) is 17.1. The normalized spacial score (nSPS) is 17.3. The van der Waals surface area contributed by atoms with Crippen LogP contribution in [-0.2, 0) is 20.6 Å². The molecule has 1 fully saturated rings. The van der Waals surface area contributed by atoms with Crippen molar-refractivity contribution in [3.05, 3.63) is 61.1 Å². The second kappa shape index (κ2) is 8.53. The Morgan fingerprint density at radius 3 is 2.83 bits per heavy atom. The lowest BCUT2D eigenvalue weighted by Crippen LogP contribution is -2.40. The summed E-state index contributed by atoms with van der Waals surface area (Å²) in [5, 5.41) is 5.39. The fraction of sp³-hybridized carbons (Fsp3) is 0.429. The summed E-state index contributed by atoms with van der Waals surface area (Å²) >= 11 is 1.77. The number of carbonyl (C=O) groups is 1. The van der Waals surface area contributed by atoms with Gasteiger partial charge in [0.15, 0.2) is 0 Å². The lowest BCUT2D eigenvalue weighted by atomic mass is 9.98. The van der Waals surface area contributed by atoms with Gasteiger partial charge in [-0.15, -0.1) is 11.3 Å². The quantitative estimate of drug-likeness (QED) is 0.664. The van der Waals surface area contributed by atoms with E-state index in [1.165, 1.54) is 22.6 Å². The summed E-state index contributed by atoms with van der Waals surface area (Å²) in [6.07, 6.45) is 2.20. The van der Waals surface area contributed by atoms with E-state index in [1.54, 1.807) is 24.5 Å². The molecule has 1 N–H and O–H groups in total. The zero-order valence-corrected chi connectivity index (χ0v) is 17.9. The van der Waals surface area contributed by atoms with Crippen LogP contribution in [0.5, 0.6) is 0 Å². The number of likely N-dealkylation sites (tertiary alicyclic amines) is 1. The summed E-state index contributed by atoms with van der Waals surface area (Å²) in [6, 6.07) is 7.32. The van der Waals surface area contributed by atoms with Crippen LogP contribution < -0.4 is 16.6 Å². The van der Waals surface area contributed by atoms with Crippen LogP contribution in [-0.4, -0.2) is 44.6 Å². The summed E-state index contributed by atoms with van der Waals surface area (Å²) in [6.45, 7) is 3.57. The van der Waals surface area contributed by atoms with Crippen LogP contribution in [0.1, 0.15) is 28.2 Å². The average Bonchev–Trinajstić information content (AvgIpc) is 3.27. The van der Waals surface area contributed by atoms with Gasteiger partial charge in [-0.25, -0.2) is 9.78 Å². The monoisotopic (exact) mass is 427 g/mol. The van der Waals surface area contributed by atoms with E-state index in [4.69, 9.17) is 0 Å². The Hall–Kier alpha value is -2.78. The first-order valence-electron chi connectivity index (χ1n) is 10.0. The minimum absolute atomic E-state index is 0.206. The number of hydrogen-bond acceptors (Lipinski definition) is 6. The standard InChI is InChI=1S/C21H25N5O3S/c1-24-18-16(20(28)25(2)21(24)29)7-8-17(23-18)19(27)22-11-14-5-3-9-26(12-14)13-15-6-4-10-30-15/h4,6-8,10,14H,3,5,9,11-13H2,1-2H3,(H,22,27). The number of amides is 1. The molecule has 1 atom stereocenters. The molecule has 3 aromatic heterocycles. The largest absolute Gasteiger partial charge is 0.350 e. The highest BCUT2D eigenvalue weighted by atomic mass is 32.1. The van der Waals surface area contributed by atoms with Crippen molar-refractivity contribution in [1.29, 1.82) is 0 Å². The van der Waals surface area contributed by atoms with E-state index in [1.807, 2.05) is 0 Å². The van der Waals surface area contributed by atoms with E-state index in [9.17, 15) is 14.4 Å². The summed E-state index contributed by atoms with van der Waals surface area (Å²) < 4.78 is 2.33. The van der Waals surface area contributed by atoms with Gasteiger partial charge in [-0.05, 0) is 48.9 Å². The molecule has 30 heavy (non-hydrogen) atoms. The predicted octanol–water partition coefficient (Wildman–Crippen LogP) is 1.34. The van der Waals surface area contributed by atoms with Gasteiger partial charge in [0, 0.05) is 38.6 Å². The lowest BCUT2D eigenvalue weighted by Gasteiger charge is -2.32. The Morgan fingerprint density at radius 2 is 2.07 bits per heavy atom. The lowest BCUT2D eigenvalue weighted by molar-refractivity contribution is 0.0926. The summed E-state index contributed by atoms with van der Waals surface area (Å²) in [4.78, 5) is 45.2. The third kappa shape index (κ3) is 4.08. The highest BCUT2D eigenvalue weighted by Crippen LogP contribution is 2.20. The van der Waals surface area contributed by atoms with Crippen molar-refractivity contribution in [3.63, 3.8) is 0 Å². The number of aryl methyl sites for hydroxylation is 1. The molecule has 4 heterocycles. The molecule has 1 amide bonds. The van der Waals surface area contributed by atoms with Crippen LogP contribution in [0.2, 0.25) is 0 Å². The number of pyridine rings is 1. The molecule has 0 spiro atoms. The Kier molecular flexibility index (Phi) is 5.83. The first kappa shape index (κ1) is 20.5. The van der Waals surface area contributed by atoms with Crippen molar-refractivity contribution in [2.75, 3.05) is 19.6 Å². The number of piperidine rings is 1. The van der Waals surface area contributed by atoms with Gasteiger partial charge in [-0.2, -0.15) is 0 Å². The first-order chi connectivity index (χ1) is 14.4. The fourth-order valence-corrected chi connectivity index (χ4v) is 4.74. The Bertz CT molecular complexity index is 1180. The third-order valence-corrected chi connectivity index (χ3v) is 6.51. The van der Waals surface area contributed by atoms with Crippen LogP contribution in [0.4, 0.5) is 0 Å². The highest BCUT2D eigenvalue weighted by Gasteiger charge is 2.21. The predicted molar refractivity (Wildman–Crippen MR) is 117 cm³/mol. The molecule has 0 radical (unpaired) electrons. The van der Waals surface area contributed by atoms with Crippen molar-refractivity contribution >= 4 is 28.3 Å². The van der Waals surface area contributed by atoms with E-state index in [0.717, 1.165) is 37.0 Å². The maximum absolute atomic E-state index is 12.7. The molecule has 3 aromatic rings. The molecular formula is C21H25N5O3S. The number of rotatable bonds is 5. The van der Waals surface area contributed by atoms with Crippen molar-refractivity contribution in [3.8, 4) is 0 Å². The third-order valence-electron chi connectivity index (χ3n) is 5.65. The van der Waals surface area contributed by atoms with Gasteiger partial charge in [0.05, 0.1) is 5.39 Å². The average molecular weight is 428 g/mol. The van der Waals surface area contributed by atoms with E-state index in [-0.39, 0.29) is 17.2 Å². The van der Waals surface area contributed by atoms with Gasteiger partial charge < -0.3 is 5.32 Å². The van der Waals surface area contributed by atoms with E-state index in [0.29, 0.717) is 17.8 Å². The van der Waals surface area contributed by atoms with Crippen LogP contribution in [0.3, 0.4) is 0 Å². The van der Waals surface area contributed by atoms with Gasteiger partial charge in [0.1, 0.15) is 11.3 Å². The smallest absolute Gasteiger partial charge is 0.332 e. The molecular weight excluding hydrogens is 402 g/mol. The second-order valence-electron chi connectivity index (χ2n) is 7.81. The van der Waals surface area contributed by atoms with E-state index < -0.39 is 11.2 Å². The topological polar surface area (TPSA) is 89.2 Å². The fourth-order valence-electron chi connectivity index (χ4n) is 3.99. The molecule has 1 saturated heterocycles. The van der Waals surface area contributed by atoms with Gasteiger partial charge in [0.2, 0.25) is 0 Å². The van der Waals surface area contributed by atoms with Crippen molar-refractivity contribution in [1.82, 2.24) is 24.3 Å². The number of nitrogens with zero attached hydrogens (tertiary/aromatic N) is 4. The van der Waals surface area contributed by atoms with Gasteiger partial charge in [0.25, 0.3) is 11.5 Å². The molecule has 0 saturated carbocycles. The molecule has 9 heteroatoms. The molecule has 0 aliphatic carbocycles. The minimum Gasteiger partial charge on any atom is -0.350 e. The van der Waals surface area contributed by atoms with Crippen molar-refractivity contribution in [2.24, 2.45) is 20.0 Å². The van der Waals surface area contributed by atoms with Crippen molar-refractivity contribution < 1.29 is 4.79 Å². The number of nitrogens with one attached hydrogen (secondary N) is 1. The van der Waals surface area contributed by atoms with Gasteiger partial charge >= 0.3 is 5.69 Å². The van der Waals surface area contributed by atoms with Crippen LogP contribution in [0.15, 0.2) is 39.2 Å². The number of fused-ring (bicyclic) bond motifs is 1. The summed E-state index contributed by atoms with van der Waals surface area (Å²) in [7, 11) is 2.97. The molecule has 0 bridgehead atoms. The Labute approximate surface area is 177 Å². The number of thiophene rings is 1. The number of carbonyl (C=O) groups excluding carboxylic acids is 1. The number of hydrogen-bond donors (Lipinski definition) is 1. The van der Waals surface area contributed by atoms with Crippen LogP contribution >= 0.6 is 11.3 Å². The van der Waals surface area contributed by atoms with Crippen LogP contribution in [0, 0.1) is 5.92 Å². The van der Waals surface area contributed by atoms with Crippen molar-refractivity contribution in [2.45, 2.75) is 19.4 Å². The van der Waals surface area contributed by atoms with E-state index in [2.05, 4.69) is 32.7 Å². The molecule has 8 nitrogen and oxygen atoms in total. The Balaban J connectivity index is 1.43. The second-order valence-corrected chi connectivity index (χ2v) is 8.84. The molecule has 1 unspecified atom stereocenters. The molecule has 1 aliphatic heterocycles.